The number of non-ortho nitro benzene ring substituents is 1. The monoisotopic (exact) mass is 407 g/mol. The number of nitrogens with one attached hydrogen (secondary N) is 1. The van der Waals surface area contributed by atoms with Gasteiger partial charge in [-0.3, -0.25) is 10.1 Å². The molecule has 0 bridgehead atoms. The average Bonchev–Trinajstić information content (AvgIpc) is 2.67. The van der Waals surface area contributed by atoms with Crippen molar-refractivity contribution in [2.75, 3.05) is 27.7 Å². The van der Waals surface area contributed by atoms with Crippen LogP contribution < -0.4 is 14.8 Å². The highest BCUT2D eigenvalue weighted by atomic mass is 35.5. The van der Waals surface area contributed by atoms with E-state index in [0.29, 0.717) is 24.5 Å². The highest BCUT2D eigenvalue weighted by Gasteiger charge is 2.13. The molecule has 150 valence electrons. The van der Waals surface area contributed by atoms with Crippen LogP contribution in [0.4, 0.5) is 10.5 Å². The molecule has 0 aliphatic carbocycles. The molecule has 0 aromatic heterocycles. The Kier molecular flexibility index (Phi) is 7.60. The van der Waals surface area contributed by atoms with Crippen molar-refractivity contribution in [3.05, 3.63) is 63.2 Å². The Hall–Kier alpha value is -2.84. The van der Waals surface area contributed by atoms with Gasteiger partial charge in [0.2, 0.25) is 0 Å². The van der Waals surface area contributed by atoms with Crippen molar-refractivity contribution in [2.24, 2.45) is 0 Å². The normalized spacial score (nSPS) is 11.6. The van der Waals surface area contributed by atoms with Gasteiger partial charge in [-0.05, 0) is 30.8 Å². The quantitative estimate of drug-likeness (QED) is 0.524. The smallest absolute Gasteiger partial charge is 0.414 e. The van der Waals surface area contributed by atoms with Crippen LogP contribution in [0, 0.1) is 10.1 Å². The Morgan fingerprint density at radius 2 is 1.93 bits per heavy atom. The van der Waals surface area contributed by atoms with E-state index in [9.17, 15) is 14.9 Å². The average molecular weight is 408 g/mol. The number of benzene rings is 2. The maximum atomic E-state index is 11.6. The van der Waals surface area contributed by atoms with Crippen LogP contribution in [0.1, 0.15) is 18.0 Å². The van der Waals surface area contributed by atoms with Crippen molar-refractivity contribution in [1.29, 1.82) is 0 Å². The first kappa shape index (κ1) is 21.5. The molecule has 0 unspecified atom stereocenters. The summed E-state index contributed by atoms with van der Waals surface area (Å²) in [5.74, 6) is 0.860. The zero-order valence-electron chi connectivity index (χ0n) is 15.8. The second-order valence-electron chi connectivity index (χ2n) is 6.18. The molecule has 0 radical (unpaired) electrons. The van der Waals surface area contributed by atoms with E-state index in [2.05, 4.69) is 5.32 Å². The SMILES string of the molecule is CN[C@@H](CCOc1ccc([N+](=O)[O-])cc1Cl)c1ccc(OC(=O)N(C)C)cc1. The molecule has 0 aliphatic heterocycles. The molecule has 1 N–H and O–H groups in total. The molecule has 0 spiro atoms. The summed E-state index contributed by atoms with van der Waals surface area (Å²) in [4.78, 5) is 23.2. The van der Waals surface area contributed by atoms with Crippen molar-refractivity contribution in [1.82, 2.24) is 10.2 Å². The lowest BCUT2D eigenvalue weighted by Gasteiger charge is -2.18. The maximum absolute atomic E-state index is 11.6. The maximum Gasteiger partial charge on any atom is 0.414 e. The van der Waals surface area contributed by atoms with Gasteiger partial charge in [-0.2, -0.15) is 0 Å². The second kappa shape index (κ2) is 9.91. The number of nitrogens with zero attached hydrogens (tertiary/aromatic N) is 2. The Labute approximate surface area is 168 Å². The Balaban J connectivity index is 1.93. The number of hydrogen-bond acceptors (Lipinski definition) is 6. The minimum atomic E-state index is -0.508. The van der Waals surface area contributed by atoms with E-state index in [1.807, 2.05) is 19.2 Å². The molecule has 8 nitrogen and oxygen atoms in total. The van der Waals surface area contributed by atoms with E-state index in [-0.39, 0.29) is 16.8 Å². The number of nitro groups is 1. The van der Waals surface area contributed by atoms with E-state index in [1.54, 1.807) is 26.2 Å². The minimum absolute atomic E-state index is 0.00965. The topological polar surface area (TPSA) is 93.9 Å². The number of halogens is 1. The number of carbonyl (C=O) groups is 1. The van der Waals surface area contributed by atoms with Crippen LogP contribution in [0.2, 0.25) is 5.02 Å². The van der Waals surface area contributed by atoms with Gasteiger partial charge in [-0.1, -0.05) is 23.7 Å². The number of carbonyl (C=O) groups excluding carboxylic acids is 1. The fourth-order valence-corrected chi connectivity index (χ4v) is 2.67. The first-order chi connectivity index (χ1) is 13.3. The molecule has 2 aromatic carbocycles. The Bertz CT molecular complexity index is 827. The van der Waals surface area contributed by atoms with Crippen LogP contribution in [-0.2, 0) is 0 Å². The van der Waals surface area contributed by atoms with Gasteiger partial charge in [0.05, 0.1) is 16.6 Å². The summed E-state index contributed by atoms with van der Waals surface area (Å²) in [6.07, 6.45) is 0.201. The number of amides is 1. The molecule has 0 heterocycles. The predicted octanol–water partition coefficient (Wildman–Crippen LogP) is 4.04. The summed E-state index contributed by atoms with van der Waals surface area (Å²) >= 11 is 6.03. The molecular weight excluding hydrogens is 386 g/mol. The van der Waals surface area contributed by atoms with Gasteiger partial charge in [-0.25, -0.2) is 4.79 Å². The van der Waals surface area contributed by atoms with Crippen molar-refractivity contribution in [3.8, 4) is 11.5 Å². The highest BCUT2D eigenvalue weighted by Crippen LogP contribution is 2.29. The molecule has 1 amide bonds. The summed E-state index contributed by atoms with van der Waals surface area (Å²) in [5.41, 5.74) is 0.922. The zero-order chi connectivity index (χ0) is 20.7. The second-order valence-corrected chi connectivity index (χ2v) is 6.59. The first-order valence-corrected chi connectivity index (χ1v) is 8.92. The van der Waals surface area contributed by atoms with E-state index in [0.717, 1.165) is 5.56 Å². The van der Waals surface area contributed by atoms with Crippen molar-refractivity contribution in [2.45, 2.75) is 12.5 Å². The van der Waals surface area contributed by atoms with Gasteiger partial charge < -0.3 is 19.7 Å². The number of rotatable bonds is 8. The van der Waals surface area contributed by atoms with Gasteiger partial charge in [0.1, 0.15) is 11.5 Å². The first-order valence-electron chi connectivity index (χ1n) is 8.55. The van der Waals surface area contributed by atoms with Crippen LogP contribution in [0.3, 0.4) is 0 Å². The lowest BCUT2D eigenvalue weighted by Crippen LogP contribution is -2.25. The summed E-state index contributed by atoms with van der Waals surface area (Å²) < 4.78 is 10.9. The Morgan fingerprint density at radius 1 is 1.25 bits per heavy atom. The molecule has 9 heteroatoms. The number of nitro benzene ring substituents is 1. The molecule has 0 fully saturated rings. The lowest BCUT2D eigenvalue weighted by molar-refractivity contribution is -0.384. The molecule has 0 saturated carbocycles. The minimum Gasteiger partial charge on any atom is -0.492 e. The van der Waals surface area contributed by atoms with Crippen LogP contribution in [0.15, 0.2) is 42.5 Å². The Morgan fingerprint density at radius 3 is 2.46 bits per heavy atom. The van der Waals surface area contributed by atoms with Gasteiger partial charge in [0.25, 0.3) is 5.69 Å². The van der Waals surface area contributed by atoms with Crippen LogP contribution >= 0.6 is 11.6 Å². The van der Waals surface area contributed by atoms with Crippen LogP contribution in [0.25, 0.3) is 0 Å². The molecule has 2 aromatic rings. The zero-order valence-corrected chi connectivity index (χ0v) is 16.6. The van der Waals surface area contributed by atoms with Crippen LogP contribution in [-0.4, -0.2) is 43.7 Å². The van der Waals surface area contributed by atoms with E-state index in [1.165, 1.54) is 23.1 Å². The predicted molar refractivity (Wildman–Crippen MR) is 106 cm³/mol. The molecule has 1 atom stereocenters. The summed E-state index contributed by atoms with van der Waals surface area (Å²) in [6.45, 7) is 0.362. The van der Waals surface area contributed by atoms with E-state index >= 15 is 0 Å². The van der Waals surface area contributed by atoms with Crippen LogP contribution in [0.5, 0.6) is 11.5 Å². The summed E-state index contributed by atoms with van der Waals surface area (Å²) in [5, 5.41) is 14.1. The molecular formula is C19H22ClN3O5. The number of ether oxygens (including phenoxy) is 2. The lowest BCUT2D eigenvalue weighted by atomic mass is 10.0. The molecule has 28 heavy (non-hydrogen) atoms. The molecule has 0 aliphatic rings. The summed E-state index contributed by atoms with van der Waals surface area (Å²) in [7, 11) is 5.07. The summed E-state index contributed by atoms with van der Waals surface area (Å²) in [6, 6.07) is 11.3. The molecule has 2 rings (SSSR count). The van der Waals surface area contributed by atoms with Gasteiger partial charge in [-0.15, -0.1) is 0 Å². The van der Waals surface area contributed by atoms with Gasteiger partial charge in [0.15, 0.2) is 0 Å². The third-order valence-electron chi connectivity index (χ3n) is 3.99. The third-order valence-corrected chi connectivity index (χ3v) is 4.29. The largest absolute Gasteiger partial charge is 0.492 e. The van der Waals surface area contributed by atoms with Gasteiger partial charge >= 0.3 is 6.09 Å². The van der Waals surface area contributed by atoms with E-state index < -0.39 is 11.0 Å². The van der Waals surface area contributed by atoms with Crippen molar-refractivity contribution >= 4 is 23.4 Å². The van der Waals surface area contributed by atoms with Crippen molar-refractivity contribution in [3.63, 3.8) is 0 Å². The highest BCUT2D eigenvalue weighted by molar-refractivity contribution is 6.32. The number of hydrogen-bond donors (Lipinski definition) is 1. The molecule has 0 saturated heterocycles. The van der Waals surface area contributed by atoms with Crippen molar-refractivity contribution < 1.29 is 19.2 Å². The van der Waals surface area contributed by atoms with Gasteiger partial charge in [0, 0.05) is 38.7 Å². The fourth-order valence-electron chi connectivity index (χ4n) is 2.45. The standard InChI is InChI=1S/C19H22ClN3O5/c1-21-17(13-4-7-15(8-5-13)28-19(24)22(2)3)10-11-27-18-9-6-14(23(25)26)12-16(18)20/h4-9,12,17,21H,10-11H2,1-3H3/t17-/m0/s1. The van der Waals surface area contributed by atoms with E-state index in [4.69, 9.17) is 21.1 Å². The fraction of sp³-hybridized carbons (Fsp3) is 0.316. The third kappa shape index (κ3) is 5.83.